The number of aromatic nitrogens is 5. The maximum Gasteiger partial charge on any atom is 0.322 e. The molecule has 0 atom stereocenters. The average Bonchev–Trinajstić information content (AvgIpc) is 3.55. The predicted molar refractivity (Wildman–Crippen MR) is 173 cm³/mol. The van der Waals surface area contributed by atoms with Crippen LogP contribution in [0.2, 0.25) is 0 Å². The topological polar surface area (TPSA) is 64.2 Å². The van der Waals surface area contributed by atoms with Crippen molar-refractivity contribution in [1.29, 1.82) is 0 Å². The van der Waals surface area contributed by atoms with Crippen LogP contribution in [0.15, 0.2) is 84.9 Å². The van der Waals surface area contributed by atoms with Crippen molar-refractivity contribution >= 4 is 66.9 Å². The molecule has 7 rings (SSSR count). The number of nitrogens with zero attached hydrogens (tertiary/aromatic N) is 7. The lowest BCUT2D eigenvalue weighted by Gasteiger charge is -2.22. The summed E-state index contributed by atoms with van der Waals surface area (Å²) in [7, 11) is 5.54. The van der Waals surface area contributed by atoms with Gasteiger partial charge >= 0.3 is 6.01 Å². The summed E-state index contributed by atoms with van der Waals surface area (Å²) >= 11 is 0. The van der Waals surface area contributed by atoms with Crippen LogP contribution < -0.4 is 14.5 Å². The van der Waals surface area contributed by atoms with Gasteiger partial charge in [-0.1, -0.05) is 36.4 Å². The lowest BCUT2D eigenvalue weighted by Crippen LogP contribution is -2.19. The third-order valence-corrected chi connectivity index (χ3v) is 8.29. The fraction of sp³-hybridized carbons (Fsp3) is 0.206. The van der Waals surface area contributed by atoms with Crippen molar-refractivity contribution in [1.82, 2.24) is 24.1 Å². The van der Waals surface area contributed by atoms with Gasteiger partial charge in [0.15, 0.2) is 0 Å². The highest BCUT2D eigenvalue weighted by atomic mass is 16.5. The molecule has 0 saturated heterocycles. The van der Waals surface area contributed by atoms with E-state index in [-0.39, 0.29) is 6.01 Å². The highest BCUT2D eigenvalue weighted by Gasteiger charge is 2.19. The van der Waals surface area contributed by atoms with Gasteiger partial charge in [-0.2, -0.15) is 15.0 Å². The van der Waals surface area contributed by atoms with Gasteiger partial charge in [0.1, 0.15) is 0 Å². The SMILES string of the molecule is CCn1c2ccccc2c2cc(N(C)c3nc(OC)nc(N(C)c4ccc5c(c4)c4ccccc4n5CC)n3)ccc21. The van der Waals surface area contributed by atoms with Crippen LogP contribution in [0.1, 0.15) is 13.8 Å². The number of aryl methyl sites for hydroxylation is 2. The van der Waals surface area contributed by atoms with E-state index < -0.39 is 0 Å². The lowest BCUT2D eigenvalue weighted by atomic mass is 10.1. The summed E-state index contributed by atoms with van der Waals surface area (Å²) in [4.78, 5) is 18.1. The number of benzene rings is 4. The summed E-state index contributed by atoms with van der Waals surface area (Å²) < 4.78 is 10.2. The van der Waals surface area contributed by atoms with Crippen LogP contribution in [-0.4, -0.2) is 45.3 Å². The molecule has 0 aliphatic heterocycles. The van der Waals surface area contributed by atoms with E-state index in [4.69, 9.17) is 9.72 Å². The van der Waals surface area contributed by atoms with Crippen molar-refractivity contribution in [3.8, 4) is 6.01 Å². The average molecular weight is 556 g/mol. The Morgan fingerprint density at radius 1 is 0.571 bits per heavy atom. The fourth-order valence-corrected chi connectivity index (χ4v) is 6.14. The molecular formula is C34H33N7O. The summed E-state index contributed by atoms with van der Waals surface area (Å²) in [6.07, 6.45) is 0. The van der Waals surface area contributed by atoms with Gasteiger partial charge < -0.3 is 23.7 Å². The van der Waals surface area contributed by atoms with Gasteiger partial charge in [-0.05, 0) is 62.4 Å². The summed E-state index contributed by atoms with van der Waals surface area (Å²) in [5.41, 5.74) is 6.86. The van der Waals surface area contributed by atoms with E-state index in [2.05, 4.69) is 118 Å². The molecular weight excluding hydrogens is 522 g/mol. The Labute approximate surface area is 244 Å². The van der Waals surface area contributed by atoms with Crippen LogP contribution in [0, 0.1) is 0 Å². The molecule has 0 N–H and O–H groups in total. The Balaban J connectivity index is 1.30. The number of hydrogen-bond acceptors (Lipinski definition) is 6. The van der Waals surface area contributed by atoms with E-state index in [0.29, 0.717) is 11.9 Å². The monoisotopic (exact) mass is 555 g/mol. The zero-order valence-corrected chi connectivity index (χ0v) is 24.5. The maximum absolute atomic E-state index is 5.54. The van der Waals surface area contributed by atoms with Crippen LogP contribution in [0.3, 0.4) is 0 Å². The van der Waals surface area contributed by atoms with Crippen LogP contribution >= 0.6 is 0 Å². The molecule has 0 aliphatic carbocycles. The first-order valence-corrected chi connectivity index (χ1v) is 14.3. The zero-order valence-electron chi connectivity index (χ0n) is 24.5. The molecule has 0 radical (unpaired) electrons. The largest absolute Gasteiger partial charge is 0.467 e. The van der Waals surface area contributed by atoms with E-state index >= 15 is 0 Å². The van der Waals surface area contributed by atoms with Gasteiger partial charge in [0.2, 0.25) is 11.9 Å². The first-order valence-electron chi connectivity index (χ1n) is 14.3. The highest BCUT2D eigenvalue weighted by molar-refractivity contribution is 6.10. The Morgan fingerprint density at radius 3 is 1.43 bits per heavy atom. The molecule has 0 amide bonds. The Hall–Kier alpha value is -5.11. The molecule has 0 bridgehead atoms. The number of fused-ring (bicyclic) bond motifs is 6. The quantitative estimate of drug-likeness (QED) is 0.201. The standard InChI is InChI=1S/C34H33N7O/c1-6-40-28-14-10-8-12-24(28)26-20-22(16-18-30(26)40)38(3)32-35-33(37-34(36-32)42-5)39(4)23-17-19-31-27(21-23)25-13-9-11-15-29(25)41(31)7-2/h8-21H,6-7H2,1-5H3. The Morgan fingerprint density at radius 2 is 1.00 bits per heavy atom. The predicted octanol–water partition coefficient (Wildman–Crippen LogP) is 7.67. The minimum atomic E-state index is 0.265. The molecule has 0 saturated carbocycles. The minimum Gasteiger partial charge on any atom is -0.467 e. The highest BCUT2D eigenvalue weighted by Crippen LogP contribution is 2.36. The second-order valence-electron chi connectivity index (χ2n) is 10.5. The van der Waals surface area contributed by atoms with E-state index in [1.807, 2.05) is 23.9 Å². The van der Waals surface area contributed by atoms with E-state index in [1.165, 1.54) is 43.6 Å². The fourth-order valence-electron chi connectivity index (χ4n) is 6.14. The van der Waals surface area contributed by atoms with Crippen molar-refractivity contribution in [2.75, 3.05) is 31.0 Å². The molecule has 8 nitrogen and oxygen atoms in total. The van der Waals surface area contributed by atoms with Crippen LogP contribution in [0.4, 0.5) is 23.3 Å². The van der Waals surface area contributed by atoms with Gasteiger partial charge in [0.25, 0.3) is 0 Å². The Bertz CT molecular complexity index is 1960. The molecule has 3 heterocycles. The van der Waals surface area contributed by atoms with Crippen molar-refractivity contribution in [2.45, 2.75) is 26.9 Å². The number of ether oxygens (including phenoxy) is 1. The molecule has 42 heavy (non-hydrogen) atoms. The van der Waals surface area contributed by atoms with E-state index in [0.717, 1.165) is 24.5 Å². The summed E-state index contributed by atoms with van der Waals surface area (Å²) in [5.74, 6) is 1.01. The molecule has 210 valence electrons. The first-order chi connectivity index (χ1) is 20.5. The molecule has 0 spiro atoms. The Kier molecular flexibility index (Phi) is 6.19. The third kappa shape index (κ3) is 3.94. The van der Waals surface area contributed by atoms with Gasteiger partial charge in [-0.3, -0.25) is 0 Å². The second-order valence-corrected chi connectivity index (χ2v) is 10.5. The van der Waals surface area contributed by atoms with Crippen molar-refractivity contribution in [3.05, 3.63) is 84.9 Å². The summed E-state index contributed by atoms with van der Waals surface area (Å²) in [5, 5.41) is 4.88. The second kappa shape index (κ2) is 10.1. The minimum absolute atomic E-state index is 0.265. The zero-order chi connectivity index (χ0) is 29.0. The number of anilines is 4. The normalized spacial score (nSPS) is 11.6. The summed E-state index contributed by atoms with van der Waals surface area (Å²) in [6.45, 7) is 6.18. The van der Waals surface area contributed by atoms with Crippen LogP contribution in [0.5, 0.6) is 6.01 Å². The molecule has 7 aromatic rings. The third-order valence-electron chi connectivity index (χ3n) is 8.29. The van der Waals surface area contributed by atoms with Crippen molar-refractivity contribution < 1.29 is 4.74 Å². The van der Waals surface area contributed by atoms with E-state index in [1.54, 1.807) is 7.11 Å². The first kappa shape index (κ1) is 25.8. The maximum atomic E-state index is 5.54. The molecule has 0 unspecified atom stereocenters. The summed E-state index contributed by atoms with van der Waals surface area (Å²) in [6, 6.07) is 30.4. The van der Waals surface area contributed by atoms with E-state index in [9.17, 15) is 0 Å². The van der Waals surface area contributed by atoms with Crippen LogP contribution in [0.25, 0.3) is 43.6 Å². The molecule has 3 aromatic heterocycles. The smallest absolute Gasteiger partial charge is 0.322 e. The van der Waals surface area contributed by atoms with Gasteiger partial charge in [0, 0.05) is 82.2 Å². The van der Waals surface area contributed by atoms with Gasteiger partial charge in [-0.15, -0.1) is 0 Å². The molecule has 4 aromatic carbocycles. The lowest BCUT2D eigenvalue weighted by molar-refractivity contribution is 0.379. The number of rotatable bonds is 7. The number of hydrogen-bond donors (Lipinski definition) is 0. The van der Waals surface area contributed by atoms with Crippen molar-refractivity contribution in [3.63, 3.8) is 0 Å². The molecule has 8 heteroatoms. The van der Waals surface area contributed by atoms with Crippen molar-refractivity contribution in [2.24, 2.45) is 0 Å². The number of para-hydroxylation sites is 2. The number of methoxy groups -OCH3 is 1. The van der Waals surface area contributed by atoms with Crippen LogP contribution in [-0.2, 0) is 13.1 Å². The van der Waals surface area contributed by atoms with Gasteiger partial charge in [-0.25, -0.2) is 0 Å². The van der Waals surface area contributed by atoms with Gasteiger partial charge in [0.05, 0.1) is 7.11 Å². The molecule has 0 aliphatic rings. The molecule has 0 fully saturated rings.